The van der Waals surface area contributed by atoms with E-state index in [0.717, 1.165) is 62.0 Å². The Morgan fingerprint density at radius 1 is 1.36 bits per heavy atom. The number of rotatable bonds is 6. The van der Waals surface area contributed by atoms with Gasteiger partial charge in [-0.25, -0.2) is 5.84 Å². The van der Waals surface area contributed by atoms with Gasteiger partial charge in [-0.15, -0.1) is 0 Å². The van der Waals surface area contributed by atoms with Crippen LogP contribution in [0.4, 0.5) is 0 Å². The van der Waals surface area contributed by atoms with E-state index in [1.165, 1.54) is 5.56 Å². The molecule has 0 radical (unpaired) electrons. The summed E-state index contributed by atoms with van der Waals surface area (Å²) < 4.78 is 0. The smallest absolute Gasteiger partial charge is 0.0585 e. The van der Waals surface area contributed by atoms with Gasteiger partial charge in [-0.05, 0) is 50.9 Å². The van der Waals surface area contributed by atoms with Gasteiger partial charge in [0, 0.05) is 48.5 Å². The van der Waals surface area contributed by atoms with Gasteiger partial charge in [0.2, 0.25) is 0 Å². The zero-order chi connectivity index (χ0) is 17.8. The van der Waals surface area contributed by atoms with Crippen LogP contribution >= 0.6 is 0 Å². The van der Waals surface area contributed by atoms with Crippen LogP contribution in [0.2, 0.25) is 0 Å². The Kier molecular flexibility index (Phi) is 5.63. The number of nitrogens with two attached hydrogens (primary N) is 3. The molecule has 2 aromatic rings. The molecule has 1 aromatic heterocycles. The van der Waals surface area contributed by atoms with Crippen LogP contribution < -0.4 is 17.3 Å². The summed E-state index contributed by atoms with van der Waals surface area (Å²) in [6, 6.07) is 6.32. The highest BCUT2D eigenvalue weighted by molar-refractivity contribution is 5.92. The molecule has 1 aliphatic rings. The molecule has 3 rings (SSSR count). The average Bonchev–Trinajstić information content (AvgIpc) is 3.00. The van der Waals surface area contributed by atoms with Gasteiger partial charge < -0.3 is 26.4 Å². The maximum absolute atomic E-state index is 6.32. The SMILES string of the molecule is Cc1ccc2[nH]cc(/C(N)=C/N(N)CC3CCN(CCN)CC3)c2c1. The second-order valence-electron chi connectivity index (χ2n) is 7.11. The van der Waals surface area contributed by atoms with Crippen LogP contribution in [0.3, 0.4) is 0 Å². The fourth-order valence-electron chi connectivity index (χ4n) is 3.65. The molecule has 136 valence electrons. The van der Waals surface area contributed by atoms with Gasteiger partial charge in [-0.1, -0.05) is 11.6 Å². The molecule has 25 heavy (non-hydrogen) atoms. The van der Waals surface area contributed by atoms with Crippen molar-refractivity contribution in [2.45, 2.75) is 19.8 Å². The Labute approximate surface area is 149 Å². The van der Waals surface area contributed by atoms with Crippen molar-refractivity contribution in [3.8, 4) is 0 Å². The minimum absolute atomic E-state index is 0.605. The van der Waals surface area contributed by atoms with Gasteiger partial charge in [0.1, 0.15) is 0 Å². The molecule has 2 heterocycles. The van der Waals surface area contributed by atoms with E-state index in [4.69, 9.17) is 17.3 Å². The number of benzene rings is 1. The Hall–Kier alpha value is -2.02. The number of likely N-dealkylation sites (tertiary alicyclic amines) is 1. The first-order chi connectivity index (χ1) is 12.1. The van der Waals surface area contributed by atoms with Crippen molar-refractivity contribution in [2.24, 2.45) is 23.2 Å². The standard InChI is InChI=1S/C19H30N6/c1-14-2-3-19-16(10-14)17(11-23-19)18(21)13-25(22)12-15-4-7-24(8-5-15)9-6-20/h2-3,10-11,13,15,23H,4-9,12,20-22H2,1H3/b18-13-. The van der Waals surface area contributed by atoms with Crippen molar-refractivity contribution in [1.29, 1.82) is 0 Å². The molecule has 0 atom stereocenters. The summed E-state index contributed by atoms with van der Waals surface area (Å²) in [6.07, 6.45) is 6.13. The first-order valence-corrected chi connectivity index (χ1v) is 9.06. The third kappa shape index (κ3) is 4.34. The molecule has 0 spiro atoms. The zero-order valence-corrected chi connectivity index (χ0v) is 15.0. The number of hydrogen-bond acceptors (Lipinski definition) is 5. The van der Waals surface area contributed by atoms with Crippen LogP contribution in [0, 0.1) is 12.8 Å². The number of hydrogen-bond donors (Lipinski definition) is 4. The predicted octanol–water partition coefficient (Wildman–Crippen LogP) is 1.58. The number of aromatic nitrogens is 1. The second-order valence-corrected chi connectivity index (χ2v) is 7.11. The molecule has 0 saturated carbocycles. The number of hydrazine groups is 1. The van der Waals surface area contributed by atoms with Crippen LogP contribution in [-0.4, -0.2) is 47.6 Å². The lowest BCUT2D eigenvalue weighted by molar-refractivity contribution is 0.165. The lowest BCUT2D eigenvalue weighted by atomic mass is 9.96. The van der Waals surface area contributed by atoms with Crippen LogP contribution in [0.1, 0.15) is 24.0 Å². The summed E-state index contributed by atoms with van der Waals surface area (Å²) >= 11 is 0. The van der Waals surface area contributed by atoms with Gasteiger partial charge in [0.15, 0.2) is 0 Å². The molecule has 6 nitrogen and oxygen atoms in total. The fourth-order valence-corrected chi connectivity index (χ4v) is 3.65. The third-order valence-electron chi connectivity index (χ3n) is 5.07. The summed E-state index contributed by atoms with van der Waals surface area (Å²) in [7, 11) is 0. The highest BCUT2D eigenvalue weighted by atomic mass is 15.4. The van der Waals surface area contributed by atoms with Crippen molar-refractivity contribution in [3.05, 3.63) is 41.7 Å². The maximum atomic E-state index is 6.32. The van der Waals surface area contributed by atoms with Crippen molar-refractivity contribution in [1.82, 2.24) is 14.9 Å². The molecule has 0 amide bonds. The molecular weight excluding hydrogens is 312 g/mol. The molecular formula is C19H30N6. The first kappa shape index (κ1) is 17.8. The highest BCUT2D eigenvalue weighted by Crippen LogP contribution is 2.24. The number of aryl methyl sites for hydroxylation is 1. The Balaban J connectivity index is 1.62. The van der Waals surface area contributed by atoms with E-state index in [-0.39, 0.29) is 0 Å². The predicted molar refractivity (Wildman–Crippen MR) is 104 cm³/mol. The quantitative estimate of drug-likeness (QED) is 0.472. The van der Waals surface area contributed by atoms with Gasteiger partial charge in [0.25, 0.3) is 0 Å². The van der Waals surface area contributed by atoms with Crippen molar-refractivity contribution < 1.29 is 0 Å². The van der Waals surface area contributed by atoms with E-state index >= 15 is 0 Å². The molecule has 1 saturated heterocycles. The Morgan fingerprint density at radius 3 is 2.84 bits per heavy atom. The summed E-state index contributed by atoms with van der Waals surface area (Å²) in [6.45, 7) is 6.86. The molecule has 1 aromatic carbocycles. The van der Waals surface area contributed by atoms with Crippen molar-refractivity contribution in [3.63, 3.8) is 0 Å². The number of H-pyrrole nitrogens is 1. The monoisotopic (exact) mass is 342 g/mol. The van der Waals surface area contributed by atoms with Gasteiger partial charge >= 0.3 is 0 Å². The van der Waals surface area contributed by atoms with Crippen molar-refractivity contribution in [2.75, 3.05) is 32.7 Å². The molecule has 0 aliphatic carbocycles. The van der Waals surface area contributed by atoms with Crippen LogP contribution in [0.5, 0.6) is 0 Å². The van der Waals surface area contributed by atoms with Crippen molar-refractivity contribution >= 4 is 16.6 Å². The topological polar surface area (TPSA) is 100 Å². The van der Waals surface area contributed by atoms with Crippen LogP contribution in [0.15, 0.2) is 30.6 Å². The number of nitrogens with one attached hydrogen (secondary N) is 1. The zero-order valence-electron chi connectivity index (χ0n) is 15.0. The summed E-state index contributed by atoms with van der Waals surface area (Å²) in [5, 5.41) is 2.88. The normalized spacial score (nSPS) is 17.3. The minimum atomic E-state index is 0.605. The van der Waals surface area contributed by atoms with Gasteiger partial charge in [0.05, 0.1) is 5.70 Å². The average molecular weight is 342 g/mol. The largest absolute Gasteiger partial charge is 0.397 e. The Bertz CT molecular complexity index is 727. The molecule has 7 N–H and O–H groups in total. The maximum Gasteiger partial charge on any atom is 0.0585 e. The third-order valence-corrected chi connectivity index (χ3v) is 5.07. The van der Waals surface area contributed by atoms with E-state index in [0.29, 0.717) is 11.6 Å². The van der Waals surface area contributed by atoms with Gasteiger partial charge in [-0.3, -0.25) is 0 Å². The lowest BCUT2D eigenvalue weighted by Gasteiger charge is -2.33. The number of aromatic amines is 1. The van der Waals surface area contributed by atoms with Gasteiger partial charge in [-0.2, -0.15) is 0 Å². The highest BCUT2D eigenvalue weighted by Gasteiger charge is 2.19. The van der Waals surface area contributed by atoms with E-state index in [1.54, 1.807) is 5.01 Å². The first-order valence-electron chi connectivity index (χ1n) is 9.06. The Morgan fingerprint density at radius 2 is 2.12 bits per heavy atom. The summed E-state index contributed by atoms with van der Waals surface area (Å²) in [5.41, 5.74) is 16.0. The number of piperidine rings is 1. The molecule has 1 fully saturated rings. The van der Waals surface area contributed by atoms with E-state index in [2.05, 4.69) is 35.0 Å². The van der Waals surface area contributed by atoms with E-state index in [1.807, 2.05) is 12.4 Å². The molecule has 0 bridgehead atoms. The summed E-state index contributed by atoms with van der Waals surface area (Å²) in [5.74, 6) is 6.82. The molecule has 1 aliphatic heterocycles. The van der Waals surface area contributed by atoms with E-state index < -0.39 is 0 Å². The lowest BCUT2D eigenvalue weighted by Crippen LogP contribution is -2.41. The van der Waals surface area contributed by atoms with Crippen LogP contribution in [0.25, 0.3) is 16.6 Å². The van der Waals surface area contributed by atoms with E-state index in [9.17, 15) is 0 Å². The number of nitrogens with zero attached hydrogens (tertiary/aromatic N) is 2. The van der Waals surface area contributed by atoms with Crippen LogP contribution in [-0.2, 0) is 0 Å². The summed E-state index contributed by atoms with van der Waals surface area (Å²) in [4.78, 5) is 5.70. The molecule has 6 heteroatoms. The minimum Gasteiger partial charge on any atom is -0.397 e. The second kappa shape index (κ2) is 7.91. The fraction of sp³-hybridized carbons (Fsp3) is 0.474. The number of fused-ring (bicyclic) bond motifs is 1. The molecule has 0 unspecified atom stereocenters.